The summed E-state index contributed by atoms with van der Waals surface area (Å²) in [6, 6.07) is 0. The van der Waals surface area contributed by atoms with Gasteiger partial charge < -0.3 is 15.0 Å². The molecule has 90 valence electrons. The first-order valence-corrected chi connectivity index (χ1v) is 5.46. The van der Waals surface area contributed by atoms with Crippen LogP contribution in [0.4, 0.5) is 0 Å². The van der Waals surface area contributed by atoms with Crippen LogP contribution in [0.15, 0.2) is 16.8 Å². The molecule has 1 aliphatic heterocycles. The first-order chi connectivity index (χ1) is 7.19. The molecule has 1 heterocycles. The fourth-order valence-electron chi connectivity index (χ4n) is 1.44. The summed E-state index contributed by atoms with van der Waals surface area (Å²) in [7, 11) is 1.27. The molecule has 1 aliphatic rings. The zero-order valence-electron chi connectivity index (χ0n) is 11.0. The van der Waals surface area contributed by atoms with Crippen molar-refractivity contribution in [2.75, 3.05) is 7.05 Å². The number of nitrogens with zero attached hydrogens (tertiary/aromatic N) is 1. The van der Waals surface area contributed by atoms with Crippen LogP contribution >= 0.6 is 0 Å². The molecule has 0 aromatic heterocycles. The molecule has 4 nitrogen and oxygen atoms in total. The molecule has 0 saturated carbocycles. The van der Waals surface area contributed by atoms with Crippen molar-refractivity contribution in [2.24, 2.45) is 10.7 Å². The van der Waals surface area contributed by atoms with Crippen molar-refractivity contribution in [3.8, 4) is 0 Å². The Bertz CT molecular complexity index is 315. The molecule has 1 fully saturated rings. The van der Waals surface area contributed by atoms with Crippen molar-refractivity contribution in [3.63, 3.8) is 0 Å². The third-order valence-corrected chi connectivity index (χ3v) is 3.13. The van der Waals surface area contributed by atoms with Gasteiger partial charge in [-0.1, -0.05) is 0 Å². The summed E-state index contributed by atoms with van der Waals surface area (Å²) in [5.41, 5.74) is 6.37. The van der Waals surface area contributed by atoms with Gasteiger partial charge in [-0.25, -0.2) is 0 Å². The first kappa shape index (κ1) is 13.3. The number of nitrogens with two attached hydrogens (primary N) is 1. The summed E-state index contributed by atoms with van der Waals surface area (Å²) < 4.78 is 11.7. The molecule has 1 rings (SSSR count). The molecule has 0 aromatic rings. The highest BCUT2D eigenvalue weighted by atomic mass is 16.7. The number of hydrogen-bond acceptors (Lipinski definition) is 4. The lowest BCUT2D eigenvalue weighted by Gasteiger charge is -2.32. The van der Waals surface area contributed by atoms with Crippen molar-refractivity contribution in [2.45, 2.75) is 45.8 Å². The zero-order valence-corrected chi connectivity index (χ0v) is 11.0. The van der Waals surface area contributed by atoms with Crippen molar-refractivity contribution < 1.29 is 9.31 Å². The van der Waals surface area contributed by atoms with Gasteiger partial charge in [0, 0.05) is 12.7 Å². The van der Waals surface area contributed by atoms with Crippen molar-refractivity contribution in [1.29, 1.82) is 0 Å². The van der Waals surface area contributed by atoms with Gasteiger partial charge in [-0.2, -0.15) is 0 Å². The third kappa shape index (κ3) is 2.47. The molecule has 0 amide bonds. The quantitative estimate of drug-likeness (QED) is 0.571. The fraction of sp³-hybridized carbons (Fsp3) is 0.727. The third-order valence-electron chi connectivity index (χ3n) is 3.13. The minimum Gasteiger partial charge on any atom is -0.402 e. The molecule has 1 saturated heterocycles. The Hall–Kier alpha value is -0.805. The second kappa shape index (κ2) is 4.22. The van der Waals surface area contributed by atoms with Gasteiger partial charge in [-0.3, -0.25) is 4.99 Å². The van der Waals surface area contributed by atoms with Crippen LogP contribution in [0.25, 0.3) is 0 Å². The Balaban J connectivity index is 2.91. The van der Waals surface area contributed by atoms with E-state index in [-0.39, 0.29) is 11.2 Å². The van der Waals surface area contributed by atoms with E-state index in [1.54, 1.807) is 13.1 Å². The lowest BCUT2D eigenvalue weighted by molar-refractivity contribution is 0.00578. The normalized spacial score (nSPS) is 25.0. The van der Waals surface area contributed by atoms with Gasteiger partial charge in [0.25, 0.3) is 0 Å². The smallest absolute Gasteiger partial charge is 0.402 e. The van der Waals surface area contributed by atoms with E-state index >= 15 is 0 Å². The fourth-order valence-corrected chi connectivity index (χ4v) is 1.44. The van der Waals surface area contributed by atoms with E-state index in [4.69, 9.17) is 15.0 Å². The Morgan fingerprint density at radius 2 is 1.62 bits per heavy atom. The maximum atomic E-state index is 5.86. The van der Waals surface area contributed by atoms with Gasteiger partial charge in [-0.05, 0) is 40.7 Å². The molecule has 16 heavy (non-hydrogen) atoms. The van der Waals surface area contributed by atoms with E-state index in [0.29, 0.717) is 5.70 Å². The van der Waals surface area contributed by atoms with Crippen LogP contribution in [-0.4, -0.2) is 31.0 Å². The molecule has 0 aromatic carbocycles. The van der Waals surface area contributed by atoms with E-state index in [9.17, 15) is 0 Å². The zero-order chi connectivity index (χ0) is 12.6. The lowest BCUT2D eigenvalue weighted by Crippen LogP contribution is -2.41. The van der Waals surface area contributed by atoms with Gasteiger partial charge in [0.1, 0.15) is 0 Å². The molecule has 0 spiro atoms. The summed E-state index contributed by atoms with van der Waals surface area (Å²) in [5.74, 6) is 0. The molecule has 0 unspecified atom stereocenters. The highest BCUT2D eigenvalue weighted by molar-refractivity contribution is 6.84. The second-order valence-corrected chi connectivity index (χ2v) is 5.13. The van der Waals surface area contributed by atoms with E-state index in [2.05, 4.69) is 4.99 Å². The Kier molecular flexibility index (Phi) is 3.50. The van der Waals surface area contributed by atoms with Gasteiger partial charge in [-0.15, -0.1) is 0 Å². The molecule has 0 radical (unpaired) electrons. The van der Waals surface area contributed by atoms with Crippen LogP contribution in [-0.2, 0) is 9.31 Å². The second-order valence-electron chi connectivity index (χ2n) is 5.13. The van der Waals surface area contributed by atoms with E-state index in [1.165, 1.54) is 0 Å². The molecule has 0 atom stereocenters. The standard InChI is InChI=1S/C11H21BN2O2/c1-8(13)7-9(14-6)12-15-10(2,3)11(4,5)16-12/h7H,13H2,1-6H3. The highest BCUT2D eigenvalue weighted by Crippen LogP contribution is 2.37. The van der Waals surface area contributed by atoms with Crippen molar-refractivity contribution in [1.82, 2.24) is 0 Å². The lowest BCUT2D eigenvalue weighted by atomic mass is 9.81. The van der Waals surface area contributed by atoms with Crippen LogP contribution < -0.4 is 5.73 Å². The predicted molar refractivity (Wildman–Crippen MR) is 67.4 cm³/mol. The number of hydrogen-bond donors (Lipinski definition) is 1. The van der Waals surface area contributed by atoms with Gasteiger partial charge in [0.15, 0.2) is 0 Å². The predicted octanol–water partition coefficient (Wildman–Crippen LogP) is 1.55. The van der Waals surface area contributed by atoms with Crippen LogP contribution in [0.1, 0.15) is 34.6 Å². The average Bonchev–Trinajstić information content (AvgIpc) is 2.31. The summed E-state index contributed by atoms with van der Waals surface area (Å²) in [6.07, 6.45) is 1.78. The topological polar surface area (TPSA) is 56.8 Å². The number of aliphatic imine (C=N–C) groups is 1. The van der Waals surface area contributed by atoms with Gasteiger partial charge in [0.2, 0.25) is 0 Å². The first-order valence-electron chi connectivity index (χ1n) is 5.46. The average molecular weight is 224 g/mol. The van der Waals surface area contributed by atoms with Crippen LogP contribution in [0.2, 0.25) is 0 Å². The number of rotatable bonds is 2. The van der Waals surface area contributed by atoms with Crippen molar-refractivity contribution in [3.05, 3.63) is 11.8 Å². The minimum absolute atomic E-state index is 0.343. The summed E-state index contributed by atoms with van der Waals surface area (Å²) in [4.78, 5) is 4.15. The van der Waals surface area contributed by atoms with E-state index in [1.807, 2.05) is 34.6 Å². The molecule has 0 aliphatic carbocycles. The van der Waals surface area contributed by atoms with Crippen molar-refractivity contribution >= 4 is 12.7 Å². The summed E-state index contributed by atoms with van der Waals surface area (Å²) >= 11 is 0. The number of allylic oxidation sites excluding steroid dienone is 2. The SMILES string of the molecule is CN=C(C=C(C)N)B1OC(C)(C)C(C)(C)O1. The Labute approximate surface area is 98.0 Å². The minimum atomic E-state index is -0.437. The Morgan fingerprint density at radius 3 is 1.94 bits per heavy atom. The summed E-state index contributed by atoms with van der Waals surface area (Å²) in [6.45, 7) is 9.87. The van der Waals surface area contributed by atoms with Gasteiger partial charge in [0.05, 0.1) is 16.8 Å². The molecular weight excluding hydrogens is 203 g/mol. The molecule has 5 heteroatoms. The largest absolute Gasteiger partial charge is 0.514 e. The van der Waals surface area contributed by atoms with E-state index < -0.39 is 7.12 Å². The molecule has 0 bridgehead atoms. The summed E-state index contributed by atoms with van der Waals surface area (Å²) in [5, 5.41) is 0. The molecular formula is C11H21BN2O2. The molecule has 2 N–H and O–H groups in total. The highest BCUT2D eigenvalue weighted by Gasteiger charge is 2.52. The van der Waals surface area contributed by atoms with Crippen LogP contribution in [0.5, 0.6) is 0 Å². The maximum Gasteiger partial charge on any atom is 0.514 e. The monoisotopic (exact) mass is 224 g/mol. The maximum absolute atomic E-state index is 5.86. The Morgan fingerprint density at radius 1 is 1.19 bits per heavy atom. The van der Waals surface area contributed by atoms with Gasteiger partial charge >= 0.3 is 7.12 Å². The van der Waals surface area contributed by atoms with Crippen LogP contribution in [0.3, 0.4) is 0 Å². The van der Waals surface area contributed by atoms with Crippen LogP contribution in [0, 0.1) is 0 Å². The van der Waals surface area contributed by atoms with E-state index in [0.717, 1.165) is 5.61 Å².